The third-order valence-corrected chi connectivity index (χ3v) is 6.93. The van der Waals surface area contributed by atoms with E-state index in [9.17, 15) is 4.79 Å². The van der Waals surface area contributed by atoms with Crippen molar-refractivity contribution in [2.75, 3.05) is 30.3 Å². The molecule has 160 valence electrons. The van der Waals surface area contributed by atoms with Gasteiger partial charge in [-0.25, -0.2) is 0 Å². The molecule has 3 heterocycles. The molecule has 1 aromatic heterocycles. The molecule has 0 aliphatic carbocycles. The molecule has 2 aromatic carbocycles. The van der Waals surface area contributed by atoms with Crippen LogP contribution in [0.3, 0.4) is 0 Å². The number of nitrogens with zero attached hydrogens (tertiary/aromatic N) is 5. The molecule has 0 unspecified atom stereocenters. The Labute approximate surface area is 187 Å². The molecular weight excluding hydrogens is 406 g/mol. The minimum atomic E-state index is 0.126. The number of carbonyl (C=O) groups excluding carboxylic acids is 1. The van der Waals surface area contributed by atoms with Crippen LogP contribution in [-0.2, 0) is 17.8 Å². The zero-order valence-corrected chi connectivity index (χ0v) is 18.4. The van der Waals surface area contributed by atoms with Crippen molar-refractivity contribution in [2.24, 2.45) is 0 Å². The highest BCUT2D eigenvalue weighted by atomic mass is 32.2. The lowest BCUT2D eigenvalue weighted by atomic mass is 10.0. The van der Waals surface area contributed by atoms with Crippen LogP contribution in [0.25, 0.3) is 5.69 Å². The van der Waals surface area contributed by atoms with Crippen molar-refractivity contribution in [2.45, 2.75) is 37.4 Å². The van der Waals surface area contributed by atoms with Crippen molar-refractivity contribution >= 4 is 23.4 Å². The summed E-state index contributed by atoms with van der Waals surface area (Å²) in [6, 6.07) is 18.4. The molecule has 1 saturated heterocycles. The maximum Gasteiger partial charge on any atom is 0.237 e. The molecule has 2 aliphatic heterocycles. The topological polar surface area (TPSA) is 54.3 Å². The van der Waals surface area contributed by atoms with Crippen LogP contribution in [0, 0.1) is 0 Å². The monoisotopic (exact) mass is 433 g/mol. The number of para-hydroxylation sites is 2. The first-order valence-corrected chi connectivity index (χ1v) is 12.0. The molecule has 1 fully saturated rings. The first kappa shape index (κ1) is 20.3. The van der Waals surface area contributed by atoms with E-state index >= 15 is 0 Å². The van der Waals surface area contributed by atoms with Gasteiger partial charge in [-0.1, -0.05) is 48.2 Å². The number of likely N-dealkylation sites (tertiary alicyclic amines) is 1. The van der Waals surface area contributed by atoms with E-state index in [0.717, 1.165) is 61.4 Å². The molecule has 0 spiro atoms. The molecular formula is C24H27N5OS. The number of anilines is 1. The van der Waals surface area contributed by atoms with E-state index < -0.39 is 0 Å². The summed E-state index contributed by atoms with van der Waals surface area (Å²) in [5.74, 6) is 1.41. The van der Waals surface area contributed by atoms with Crippen LogP contribution >= 0.6 is 11.8 Å². The van der Waals surface area contributed by atoms with Gasteiger partial charge in [-0.3, -0.25) is 14.3 Å². The highest BCUT2D eigenvalue weighted by molar-refractivity contribution is 7.99. The van der Waals surface area contributed by atoms with Crippen LogP contribution in [0.5, 0.6) is 0 Å². The van der Waals surface area contributed by atoms with Gasteiger partial charge in [-0.15, -0.1) is 10.2 Å². The molecule has 31 heavy (non-hydrogen) atoms. The third kappa shape index (κ3) is 4.38. The molecule has 0 bridgehead atoms. The van der Waals surface area contributed by atoms with Crippen LogP contribution in [0.1, 0.15) is 30.7 Å². The van der Waals surface area contributed by atoms with E-state index in [1.807, 2.05) is 35.2 Å². The Morgan fingerprint density at radius 2 is 1.68 bits per heavy atom. The molecule has 7 heteroatoms. The van der Waals surface area contributed by atoms with E-state index in [-0.39, 0.29) is 5.91 Å². The van der Waals surface area contributed by atoms with Gasteiger partial charge >= 0.3 is 0 Å². The molecule has 0 saturated carbocycles. The van der Waals surface area contributed by atoms with Crippen molar-refractivity contribution in [3.8, 4) is 5.69 Å². The maximum atomic E-state index is 13.1. The van der Waals surface area contributed by atoms with Gasteiger partial charge in [0.15, 0.2) is 11.0 Å². The lowest BCUT2D eigenvalue weighted by Crippen LogP contribution is -2.36. The smallest absolute Gasteiger partial charge is 0.237 e. The lowest BCUT2D eigenvalue weighted by molar-refractivity contribution is -0.116. The lowest BCUT2D eigenvalue weighted by Gasteiger charge is -2.29. The standard InChI is InChI=1S/C24H27N5OS/c30-23(28-16-8-10-19-9-4-5-13-21(19)28)18-31-24-26-25-22(17-27-14-6-7-15-27)29(24)20-11-2-1-3-12-20/h1-5,9,11-13H,6-8,10,14-18H2. The number of rotatable bonds is 6. The summed E-state index contributed by atoms with van der Waals surface area (Å²) in [4.78, 5) is 17.5. The van der Waals surface area contributed by atoms with E-state index in [0.29, 0.717) is 5.75 Å². The summed E-state index contributed by atoms with van der Waals surface area (Å²) in [5.41, 5.74) is 3.35. The number of thioether (sulfide) groups is 1. The van der Waals surface area contributed by atoms with E-state index in [2.05, 4.69) is 43.9 Å². The number of hydrogen-bond donors (Lipinski definition) is 0. The average Bonchev–Trinajstić information content (AvgIpc) is 3.48. The number of hydrogen-bond acceptors (Lipinski definition) is 5. The second-order valence-electron chi connectivity index (χ2n) is 8.12. The largest absolute Gasteiger partial charge is 0.311 e. The Kier molecular flexibility index (Phi) is 6.04. The first-order valence-electron chi connectivity index (χ1n) is 11.0. The second kappa shape index (κ2) is 9.24. The van der Waals surface area contributed by atoms with Crippen LogP contribution in [0.15, 0.2) is 59.8 Å². The number of carbonyl (C=O) groups is 1. The van der Waals surface area contributed by atoms with E-state index in [1.54, 1.807) is 0 Å². The zero-order valence-electron chi connectivity index (χ0n) is 17.6. The van der Waals surface area contributed by atoms with Crippen LogP contribution in [0.2, 0.25) is 0 Å². The normalized spacial score (nSPS) is 16.5. The maximum absolute atomic E-state index is 13.1. The van der Waals surface area contributed by atoms with Crippen molar-refractivity contribution in [1.29, 1.82) is 0 Å². The van der Waals surface area contributed by atoms with Crippen molar-refractivity contribution in [1.82, 2.24) is 19.7 Å². The predicted molar refractivity (Wildman–Crippen MR) is 124 cm³/mol. The van der Waals surface area contributed by atoms with Crippen LogP contribution in [-0.4, -0.2) is 51.0 Å². The van der Waals surface area contributed by atoms with Gasteiger partial charge < -0.3 is 4.90 Å². The molecule has 1 amide bonds. The Morgan fingerprint density at radius 1 is 0.903 bits per heavy atom. The molecule has 2 aliphatic rings. The fourth-order valence-electron chi connectivity index (χ4n) is 4.47. The van der Waals surface area contributed by atoms with Gasteiger partial charge in [0, 0.05) is 17.9 Å². The quantitative estimate of drug-likeness (QED) is 0.551. The fourth-order valence-corrected chi connectivity index (χ4v) is 5.32. The molecule has 3 aromatic rings. The highest BCUT2D eigenvalue weighted by Crippen LogP contribution is 2.29. The molecule has 0 atom stereocenters. The minimum Gasteiger partial charge on any atom is -0.311 e. The summed E-state index contributed by atoms with van der Waals surface area (Å²) >= 11 is 1.48. The third-order valence-electron chi connectivity index (χ3n) is 6.01. The summed E-state index contributed by atoms with van der Waals surface area (Å²) in [5, 5.41) is 9.76. The predicted octanol–water partition coefficient (Wildman–Crippen LogP) is 3.93. The first-order chi connectivity index (χ1) is 15.3. The molecule has 0 radical (unpaired) electrons. The highest BCUT2D eigenvalue weighted by Gasteiger charge is 2.24. The van der Waals surface area contributed by atoms with Crippen molar-refractivity contribution in [3.05, 3.63) is 66.0 Å². The molecule has 0 N–H and O–H groups in total. The Bertz CT molecular complexity index is 1050. The molecule has 5 rings (SSSR count). The number of aromatic nitrogens is 3. The number of aryl methyl sites for hydroxylation is 1. The summed E-state index contributed by atoms with van der Waals surface area (Å²) in [7, 11) is 0. The number of fused-ring (bicyclic) bond motifs is 1. The molecule has 6 nitrogen and oxygen atoms in total. The minimum absolute atomic E-state index is 0.126. The van der Waals surface area contributed by atoms with Gasteiger partial charge in [-0.2, -0.15) is 0 Å². The van der Waals surface area contributed by atoms with Crippen LogP contribution < -0.4 is 4.90 Å². The second-order valence-corrected chi connectivity index (χ2v) is 9.06. The average molecular weight is 434 g/mol. The van der Waals surface area contributed by atoms with Gasteiger partial charge in [0.1, 0.15) is 0 Å². The van der Waals surface area contributed by atoms with Gasteiger partial charge in [0.25, 0.3) is 0 Å². The Hall–Kier alpha value is -2.64. The Morgan fingerprint density at radius 3 is 2.52 bits per heavy atom. The number of benzene rings is 2. The van der Waals surface area contributed by atoms with Gasteiger partial charge in [-0.05, 0) is 62.5 Å². The fraction of sp³-hybridized carbons (Fsp3) is 0.375. The van der Waals surface area contributed by atoms with E-state index in [1.165, 1.54) is 30.2 Å². The zero-order chi connectivity index (χ0) is 21.0. The summed E-state index contributed by atoms with van der Waals surface area (Å²) in [6.07, 6.45) is 4.53. The van der Waals surface area contributed by atoms with E-state index in [4.69, 9.17) is 0 Å². The SMILES string of the molecule is O=C(CSc1nnc(CN2CCCC2)n1-c1ccccc1)N1CCCc2ccccc21. The summed E-state index contributed by atoms with van der Waals surface area (Å²) in [6.45, 7) is 3.78. The summed E-state index contributed by atoms with van der Waals surface area (Å²) < 4.78 is 2.11. The number of amides is 1. The Balaban J connectivity index is 1.36. The van der Waals surface area contributed by atoms with Crippen LogP contribution in [0.4, 0.5) is 5.69 Å². The van der Waals surface area contributed by atoms with Crippen molar-refractivity contribution in [3.63, 3.8) is 0 Å². The van der Waals surface area contributed by atoms with Gasteiger partial charge in [0.05, 0.1) is 12.3 Å². The van der Waals surface area contributed by atoms with Gasteiger partial charge in [0.2, 0.25) is 5.91 Å². The van der Waals surface area contributed by atoms with Crippen molar-refractivity contribution < 1.29 is 4.79 Å².